The van der Waals surface area contributed by atoms with Crippen LogP contribution in [0.2, 0.25) is 0 Å². The third-order valence-electron chi connectivity index (χ3n) is 4.64. The molecule has 0 atom stereocenters. The van der Waals surface area contributed by atoms with Crippen LogP contribution >= 0.6 is 0 Å². The van der Waals surface area contributed by atoms with Crippen LogP contribution in [0.3, 0.4) is 0 Å². The van der Waals surface area contributed by atoms with Gasteiger partial charge in [0.25, 0.3) is 0 Å². The van der Waals surface area contributed by atoms with Crippen LogP contribution in [0.1, 0.15) is 13.8 Å². The minimum atomic E-state index is 0.720. The van der Waals surface area contributed by atoms with Crippen molar-refractivity contribution in [2.75, 3.05) is 65.4 Å². The van der Waals surface area contributed by atoms with Crippen molar-refractivity contribution in [3.8, 4) is 0 Å². The largest absolute Gasteiger partial charge is 0.401 e. The van der Waals surface area contributed by atoms with Gasteiger partial charge in [-0.1, -0.05) is 25.8 Å². The molecular weight excluding hydrogens is 310 g/mol. The predicted octanol–water partition coefficient (Wildman–Crippen LogP) is 1.93. The summed E-state index contributed by atoms with van der Waals surface area (Å²) in [6.45, 7) is 29.7. The summed E-state index contributed by atoms with van der Waals surface area (Å²) in [6.07, 6.45) is 1.98. The number of allylic oxidation sites excluding steroid dienone is 2. The van der Waals surface area contributed by atoms with Gasteiger partial charge in [-0.3, -0.25) is 9.80 Å². The molecule has 0 bridgehead atoms. The molecule has 1 fully saturated rings. The minimum Gasteiger partial charge on any atom is -0.401 e. The maximum Gasteiger partial charge on any atom is 0.0374 e. The lowest BCUT2D eigenvalue weighted by molar-refractivity contribution is 0.169. The van der Waals surface area contributed by atoms with E-state index < -0.39 is 0 Å². The highest BCUT2D eigenvalue weighted by molar-refractivity contribution is 4.95. The Bertz CT molecular complexity index is 471. The summed E-state index contributed by atoms with van der Waals surface area (Å²) >= 11 is 0. The first-order chi connectivity index (χ1) is 11.8. The minimum absolute atomic E-state index is 0.720. The molecule has 142 valence electrons. The van der Waals surface area contributed by atoms with Gasteiger partial charge >= 0.3 is 0 Å². The van der Waals surface area contributed by atoms with E-state index in [4.69, 9.17) is 5.73 Å². The fraction of sp³-hybridized carbons (Fsp3) is 0.600. The summed E-state index contributed by atoms with van der Waals surface area (Å²) in [5, 5.41) is 0. The predicted molar refractivity (Wildman–Crippen MR) is 109 cm³/mol. The van der Waals surface area contributed by atoms with Gasteiger partial charge in [-0.2, -0.15) is 0 Å². The highest BCUT2D eigenvalue weighted by atomic mass is 15.3. The van der Waals surface area contributed by atoms with Crippen molar-refractivity contribution in [3.05, 3.63) is 49.5 Å². The Kier molecular flexibility index (Phi) is 9.39. The van der Waals surface area contributed by atoms with E-state index in [0.717, 1.165) is 82.5 Å². The molecule has 1 saturated heterocycles. The van der Waals surface area contributed by atoms with Gasteiger partial charge in [0.1, 0.15) is 0 Å². The summed E-state index contributed by atoms with van der Waals surface area (Å²) in [5.74, 6) is 0. The zero-order chi connectivity index (χ0) is 18.8. The Morgan fingerprint density at radius 3 is 1.64 bits per heavy atom. The van der Waals surface area contributed by atoms with Crippen LogP contribution in [-0.4, -0.2) is 85.0 Å². The first kappa shape index (κ1) is 21.3. The molecule has 25 heavy (non-hydrogen) atoms. The topological polar surface area (TPSA) is 39.0 Å². The third kappa shape index (κ3) is 8.27. The fourth-order valence-corrected chi connectivity index (χ4v) is 3.07. The molecule has 0 aromatic carbocycles. The lowest BCUT2D eigenvalue weighted by Gasteiger charge is -2.35. The van der Waals surface area contributed by atoms with Crippen molar-refractivity contribution < 1.29 is 0 Å². The van der Waals surface area contributed by atoms with Gasteiger partial charge in [-0.25, -0.2) is 0 Å². The van der Waals surface area contributed by atoms with Crippen LogP contribution in [0.15, 0.2) is 49.5 Å². The van der Waals surface area contributed by atoms with Crippen molar-refractivity contribution >= 4 is 0 Å². The molecule has 0 unspecified atom stereocenters. The second-order valence-electron chi connectivity index (χ2n) is 6.97. The molecular formula is C20H37N5. The van der Waals surface area contributed by atoms with Gasteiger partial charge in [-0.15, -0.1) is 6.58 Å². The second kappa shape index (κ2) is 11.0. The molecule has 0 radical (unpaired) electrons. The molecule has 0 aliphatic carbocycles. The summed E-state index contributed by atoms with van der Waals surface area (Å²) in [5.41, 5.74) is 8.82. The number of rotatable bonds is 6. The quantitative estimate of drug-likeness (QED) is 0.744. The molecule has 1 aliphatic heterocycles. The Labute approximate surface area is 154 Å². The molecule has 0 saturated carbocycles. The highest BCUT2D eigenvalue weighted by Crippen LogP contribution is 2.08. The fourth-order valence-electron chi connectivity index (χ4n) is 3.07. The standard InChI is InChI=1S/C20H37N5/c1-7-8-22-9-10-23(17-20(6)21)12-14-25(19(4)5)16-15-24(13-11-22)18(2)3/h7H,1-2,4,6,8-17,21H2,3,5H3. The molecule has 2 N–H and O–H groups in total. The van der Waals surface area contributed by atoms with Gasteiger partial charge in [0.15, 0.2) is 0 Å². The lowest BCUT2D eigenvalue weighted by Crippen LogP contribution is -2.45. The van der Waals surface area contributed by atoms with Crippen molar-refractivity contribution in [1.82, 2.24) is 19.6 Å². The average Bonchev–Trinajstić information content (AvgIpc) is 2.51. The van der Waals surface area contributed by atoms with E-state index >= 15 is 0 Å². The smallest absolute Gasteiger partial charge is 0.0374 e. The lowest BCUT2D eigenvalue weighted by atomic mass is 10.3. The maximum absolute atomic E-state index is 5.86. The van der Waals surface area contributed by atoms with Crippen molar-refractivity contribution in [2.24, 2.45) is 5.73 Å². The van der Waals surface area contributed by atoms with Crippen LogP contribution in [0, 0.1) is 0 Å². The maximum atomic E-state index is 5.86. The highest BCUT2D eigenvalue weighted by Gasteiger charge is 2.15. The van der Waals surface area contributed by atoms with Crippen LogP contribution in [-0.2, 0) is 0 Å². The summed E-state index contributed by atoms with van der Waals surface area (Å²) in [4.78, 5) is 9.54. The molecule has 1 rings (SSSR count). The molecule has 0 aromatic rings. The van der Waals surface area contributed by atoms with Crippen LogP contribution < -0.4 is 5.73 Å². The van der Waals surface area contributed by atoms with Gasteiger partial charge in [0.05, 0.1) is 0 Å². The summed E-state index contributed by atoms with van der Waals surface area (Å²) in [6, 6.07) is 0. The van der Waals surface area contributed by atoms with Gasteiger partial charge in [-0.05, 0) is 13.8 Å². The number of nitrogens with zero attached hydrogens (tertiary/aromatic N) is 4. The zero-order valence-corrected chi connectivity index (χ0v) is 16.3. The van der Waals surface area contributed by atoms with E-state index in [1.54, 1.807) is 0 Å². The molecule has 5 heteroatoms. The number of hydrogen-bond donors (Lipinski definition) is 1. The Morgan fingerprint density at radius 2 is 1.20 bits per heavy atom. The van der Waals surface area contributed by atoms with E-state index in [1.165, 1.54) is 0 Å². The van der Waals surface area contributed by atoms with Crippen LogP contribution in [0.25, 0.3) is 0 Å². The van der Waals surface area contributed by atoms with Crippen molar-refractivity contribution in [1.29, 1.82) is 0 Å². The third-order valence-corrected chi connectivity index (χ3v) is 4.64. The second-order valence-corrected chi connectivity index (χ2v) is 6.97. The van der Waals surface area contributed by atoms with E-state index in [-0.39, 0.29) is 0 Å². The molecule has 1 aliphatic rings. The van der Waals surface area contributed by atoms with E-state index in [2.05, 4.69) is 59.8 Å². The molecule has 0 amide bonds. The van der Waals surface area contributed by atoms with Crippen LogP contribution in [0.5, 0.6) is 0 Å². The summed E-state index contributed by atoms with van der Waals surface area (Å²) in [7, 11) is 0. The molecule has 0 aromatic heterocycles. The van der Waals surface area contributed by atoms with Crippen molar-refractivity contribution in [3.63, 3.8) is 0 Å². The summed E-state index contributed by atoms with van der Waals surface area (Å²) < 4.78 is 0. The van der Waals surface area contributed by atoms with Gasteiger partial charge in [0, 0.05) is 82.5 Å². The first-order valence-corrected chi connectivity index (χ1v) is 9.13. The molecule has 5 nitrogen and oxygen atoms in total. The SMILES string of the molecule is C=CCN1CCN(CC(=C)N)CCN(C(=C)C)CCN(C(=C)C)CC1. The number of hydrogen-bond acceptors (Lipinski definition) is 5. The van der Waals surface area contributed by atoms with Crippen molar-refractivity contribution in [2.45, 2.75) is 13.8 Å². The zero-order valence-electron chi connectivity index (χ0n) is 16.3. The Balaban J connectivity index is 2.86. The van der Waals surface area contributed by atoms with Gasteiger partial charge in [0.2, 0.25) is 0 Å². The molecule has 0 spiro atoms. The number of nitrogens with two attached hydrogens (primary N) is 1. The normalized spacial score (nSPS) is 19.0. The Morgan fingerprint density at radius 1 is 0.800 bits per heavy atom. The first-order valence-electron chi connectivity index (χ1n) is 9.13. The van der Waals surface area contributed by atoms with E-state index in [1.807, 2.05) is 6.08 Å². The Hall–Kier alpha value is -1.72. The van der Waals surface area contributed by atoms with Crippen LogP contribution in [0.4, 0.5) is 0 Å². The van der Waals surface area contributed by atoms with Gasteiger partial charge < -0.3 is 15.5 Å². The monoisotopic (exact) mass is 347 g/mol. The van der Waals surface area contributed by atoms with E-state index in [9.17, 15) is 0 Å². The average molecular weight is 348 g/mol. The molecule has 1 heterocycles. The van der Waals surface area contributed by atoms with E-state index in [0.29, 0.717) is 0 Å².